The molecule has 1 atom stereocenters. The Kier molecular flexibility index (Phi) is 4.44. The van der Waals surface area contributed by atoms with Crippen molar-refractivity contribution in [3.8, 4) is 0 Å². The second kappa shape index (κ2) is 6.76. The molecule has 0 amide bonds. The van der Waals surface area contributed by atoms with Crippen molar-refractivity contribution < 1.29 is 0 Å². The molecule has 26 heavy (non-hydrogen) atoms. The summed E-state index contributed by atoms with van der Waals surface area (Å²) in [5.41, 5.74) is 11.8. The van der Waals surface area contributed by atoms with Crippen LogP contribution in [0.15, 0.2) is 25.1 Å². The molecular formula is C20H28N6. The molecule has 2 aromatic rings. The van der Waals surface area contributed by atoms with Crippen LogP contribution in [0.3, 0.4) is 0 Å². The molecule has 4 rings (SSSR count). The number of nitrogen functional groups attached to an aromatic ring is 1. The van der Waals surface area contributed by atoms with Gasteiger partial charge in [-0.15, -0.1) is 0 Å². The second-order valence-corrected chi connectivity index (χ2v) is 7.66. The topological polar surface area (TPSA) is 71.5 Å². The zero-order valence-electron chi connectivity index (χ0n) is 15.7. The quantitative estimate of drug-likeness (QED) is 0.810. The number of piperidine rings is 1. The highest BCUT2D eigenvalue weighted by Crippen LogP contribution is 2.46. The summed E-state index contributed by atoms with van der Waals surface area (Å²) >= 11 is 0. The van der Waals surface area contributed by atoms with Gasteiger partial charge in [-0.2, -0.15) is 9.61 Å². The largest absolute Gasteiger partial charge is 0.383 e. The molecule has 1 aliphatic carbocycles. The number of rotatable bonds is 5. The third-order valence-corrected chi connectivity index (χ3v) is 5.35. The van der Waals surface area contributed by atoms with Crippen molar-refractivity contribution in [3.05, 3.63) is 41.9 Å². The Bertz CT molecular complexity index is 853. The number of hydrogen-bond acceptors (Lipinski definition) is 5. The van der Waals surface area contributed by atoms with Gasteiger partial charge in [0.15, 0.2) is 5.65 Å². The van der Waals surface area contributed by atoms with E-state index < -0.39 is 0 Å². The molecule has 1 aliphatic heterocycles. The normalized spacial score (nSPS) is 21.2. The van der Waals surface area contributed by atoms with E-state index in [0.717, 1.165) is 35.7 Å². The van der Waals surface area contributed by atoms with Crippen LogP contribution in [-0.4, -0.2) is 46.7 Å². The maximum Gasteiger partial charge on any atom is 0.165 e. The number of hydrogen-bond donors (Lipinski definition) is 2. The van der Waals surface area contributed by atoms with Gasteiger partial charge in [0.25, 0.3) is 0 Å². The van der Waals surface area contributed by atoms with Crippen LogP contribution in [0.25, 0.3) is 11.2 Å². The highest BCUT2D eigenvalue weighted by Gasteiger charge is 2.34. The van der Waals surface area contributed by atoms with E-state index in [0.29, 0.717) is 11.8 Å². The van der Waals surface area contributed by atoms with Crippen molar-refractivity contribution in [1.29, 1.82) is 0 Å². The summed E-state index contributed by atoms with van der Waals surface area (Å²) < 4.78 is 1.82. The van der Waals surface area contributed by atoms with Gasteiger partial charge in [-0.1, -0.05) is 12.7 Å². The van der Waals surface area contributed by atoms with Crippen LogP contribution < -0.4 is 11.1 Å². The van der Waals surface area contributed by atoms with Gasteiger partial charge >= 0.3 is 0 Å². The predicted octanol–water partition coefficient (Wildman–Crippen LogP) is 2.74. The van der Waals surface area contributed by atoms with E-state index in [4.69, 9.17) is 10.7 Å². The maximum atomic E-state index is 6.61. The van der Waals surface area contributed by atoms with Gasteiger partial charge in [0.1, 0.15) is 5.82 Å². The van der Waals surface area contributed by atoms with Crippen molar-refractivity contribution >= 4 is 17.0 Å². The van der Waals surface area contributed by atoms with Crippen molar-refractivity contribution in [2.24, 2.45) is 0 Å². The minimum atomic E-state index is 0.430. The average molecular weight is 352 g/mol. The zero-order chi connectivity index (χ0) is 18.3. The summed E-state index contributed by atoms with van der Waals surface area (Å²) in [6.07, 6.45) is 10.5. The Morgan fingerprint density at radius 1 is 1.35 bits per heavy atom. The SMILES string of the molecule is C=C/C(=C\N(C)C)c1cnn2c(N)c(C3CC3)c(C3CCCNC3)nc12. The van der Waals surface area contributed by atoms with E-state index in [2.05, 4.69) is 17.0 Å². The lowest BCUT2D eigenvalue weighted by molar-refractivity contribution is 0.452. The number of nitrogens with two attached hydrogens (primary N) is 1. The standard InChI is InChI=1S/C20H28N6/c1-4-13(12-25(2)3)16-11-23-26-19(21)17(14-7-8-14)18(24-20(16)26)15-6-5-9-22-10-15/h4,11-12,14-15,22H,1,5-10,21H2,2-3H3/b13-12+. The molecular weight excluding hydrogens is 324 g/mol. The first-order valence-electron chi connectivity index (χ1n) is 9.49. The summed E-state index contributed by atoms with van der Waals surface area (Å²) in [7, 11) is 4.00. The smallest absolute Gasteiger partial charge is 0.165 e. The predicted molar refractivity (Wildman–Crippen MR) is 106 cm³/mol. The van der Waals surface area contributed by atoms with E-state index in [9.17, 15) is 0 Å². The third kappa shape index (κ3) is 2.98. The molecule has 1 saturated heterocycles. The molecule has 6 heteroatoms. The minimum Gasteiger partial charge on any atom is -0.383 e. The van der Waals surface area contributed by atoms with Crippen LogP contribution >= 0.6 is 0 Å². The summed E-state index contributed by atoms with van der Waals surface area (Å²) in [6, 6.07) is 0. The fraction of sp³-hybridized carbons (Fsp3) is 0.500. The van der Waals surface area contributed by atoms with Crippen LogP contribution in [0.4, 0.5) is 5.82 Å². The number of aromatic nitrogens is 3. The van der Waals surface area contributed by atoms with Crippen molar-refractivity contribution in [3.63, 3.8) is 0 Å². The molecule has 0 spiro atoms. The minimum absolute atomic E-state index is 0.430. The molecule has 0 bridgehead atoms. The Morgan fingerprint density at radius 3 is 2.77 bits per heavy atom. The van der Waals surface area contributed by atoms with Crippen LogP contribution in [0.5, 0.6) is 0 Å². The molecule has 2 aliphatic rings. The van der Waals surface area contributed by atoms with Gasteiger partial charge in [-0.3, -0.25) is 0 Å². The summed E-state index contributed by atoms with van der Waals surface area (Å²) in [4.78, 5) is 7.14. The Hall–Kier alpha value is -2.34. The summed E-state index contributed by atoms with van der Waals surface area (Å²) in [6.45, 7) is 6.04. The van der Waals surface area contributed by atoms with E-state index in [1.165, 1.54) is 36.9 Å². The fourth-order valence-electron chi connectivity index (χ4n) is 3.95. The highest BCUT2D eigenvalue weighted by molar-refractivity contribution is 5.82. The van der Waals surface area contributed by atoms with E-state index in [-0.39, 0.29) is 0 Å². The van der Waals surface area contributed by atoms with Gasteiger partial charge in [0, 0.05) is 49.5 Å². The maximum absolute atomic E-state index is 6.61. The molecule has 1 saturated carbocycles. The van der Waals surface area contributed by atoms with Gasteiger partial charge in [-0.05, 0) is 38.1 Å². The first-order chi connectivity index (χ1) is 12.6. The first kappa shape index (κ1) is 17.1. The summed E-state index contributed by atoms with van der Waals surface area (Å²) in [5.74, 6) is 1.74. The molecule has 138 valence electrons. The molecule has 1 unspecified atom stereocenters. The summed E-state index contributed by atoms with van der Waals surface area (Å²) in [5, 5.41) is 8.08. The number of allylic oxidation sites excluding steroid dienone is 2. The monoisotopic (exact) mass is 352 g/mol. The average Bonchev–Trinajstić information content (AvgIpc) is 3.38. The highest BCUT2D eigenvalue weighted by atomic mass is 15.3. The molecule has 3 N–H and O–H groups in total. The van der Waals surface area contributed by atoms with Gasteiger partial charge in [0.2, 0.25) is 0 Å². The van der Waals surface area contributed by atoms with Crippen LogP contribution in [0.1, 0.15) is 54.3 Å². The molecule has 3 heterocycles. The molecule has 0 radical (unpaired) electrons. The van der Waals surface area contributed by atoms with E-state index in [1.807, 2.05) is 42.0 Å². The molecule has 2 aromatic heterocycles. The number of fused-ring (bicyclic) bond motifs is 1. The van der Waals surface area contributed by atoms with Gasteiger partial charge in [-0.25, -0.2) is 4.98 Å². The Morgan fingerprint density at radius 2 is 2.15 bits per heavy atom. The number of nitrogens with one attached hydrogen (secondary N) is 1. The zero-order valence-corrected chi connectivity index (χ0v) is 15.7. The van der Waals surface area contributed by atoms with Crippen molar-refractivity contribution in [2.75, 3.05) is 32.9 Å². The van der Waals surface area contributed by atoms with Crippen LogP contribution in [0.2, 0.25) is 0 Å². The van der Waals surface area contributed by atoms with Crippen molar-refractivity contribution in [1.82, 2.24) is 24.8 Å². The number of anilines is 1. The first-order valence-corrected chi connectivity index (χ1v) is 9.49. The van der Waals surface area contributed by atoms with Crippen LogP contribution in [0, 0.1) is 0 Å². The lowest BCUT2D eigenvalue weighted by Gasteiger charge is -2.25. The fourth-order valence-corrected chi connectivity index (χ4v) is 3.95. The lowest BCUT2D eigenvalue weighted by Crippen LogP contribution is -2.30. The Balaban J connectivity index is 1.90. The van der Waals surface area contributed by atoms with Crippen molar-refractivity contribution in [2.45, 2.75) is 37.5 Å². The molecule has 6 nitrogen and oxygen atoms in total. The molecule has 0 aromatic carbocycles. The van der Waals surface area contributed by atoms with Crippen LogP contribution in [-0.2, 0) is 0 Å². The third-order valence-electron chi connectivity index (χ3n) is 5.35. The van der Waals surface area contributed by atoms with Gasteiger partial charge in [0.05, 0.1) is 11.9 Å². The lowest BCUT2D eigenvalue weighted by atomic mass is 9.91. The molecule has 2 fully saturated rings. The van der Waals surface area contributed by atoms with E-state index >= 15 is 0 Å². The van der Waals surface area contributed by atoms with Gasteiger partial charge < -0.3 is 16.0 Å². The number of nitrogens with zero attached hydrogens (tertiary/aromatic N) is 4. The van der Waals surface area contributed by atoms with E-state index in [1.54, 1.807) is 0 Å². The second-order valence-electron chi connectivity index (χ2n) is 7.66. The Labute approximate surface area is 154 Å².